The van der Waals surface area contributed by atoms with E-state index in [4.69, 9.17) is 11.6 Å². The van der Waals surface area contributed by atoms with Gasteiger partial charge in [0.2, 0.25) is 0 Å². The summed E-state index contributed by atoms with van der Waals surface area (Å²) < 4.78 is 0. The van der Waals surface area contributed by atoms with Crippen molar-refractivity contribution in [3.8, 4) is 0 Å². The number of benzene rings is 2. The number of nitro groups is 1. The summed E-state index contributed by atoms with van der Waals surface area (Å²) in [5, 5.41) is 15.0. The van der Waals surface area contributed by atoms with Gasteiger partial charge in [0.25, 0.3) is 5.69 Å². The number of halogens is 1. The predicted molar refractivity (Wildman–Crippen MR) is 95.6 cm³/mol. The van der Waals surface area contributed by atoms with Crippen molar-refractivity contribution in [2.45, 2.75) is 25.3 Å². The largest absolute Gasteiger partial charge is 0.377 e. The van der Waals surface area contributed by atoms with Crippen LogP contribution in [-0.4, -0.2) is 4.92 Å². The second-order valence-electron chi connectivity index (χ2n) is 6.48. The first-order valence-corrected chi connectivity index (χ1v) is 8.40. The molecule has 1 aliphatic heterocycles. The number of aryl methyl sites for hydroxylation is 1. The van der Waals surface area contributed by atoms with Crippen molar-refractivity contribution in [1.82, 2.24) is 0 Å². The highest BCUT2D eigenvalue weighted by Crippen LogP contribution is 2.50. The first-order chi connectivity index (χ1) is 11.6. The number of hydrogen-bond donors (Lipinski definition) is 1. The van der Waals surface area contributed by atoms with Gasteiger partial charge in [0.15, 0.2) is 0 Å². The molecule has 1 aliphatic carbocycles. The number of allylic oxidation sites excluding steroid dienone is 2. The Morgan fingerprint density at radius 3 is 2.92 bits per heavy atom. The van der Waals surface area contributed by atoms with E-state index in [1.54, 1.807) is 12.1 Å². The van der Waals surface area contributed by atoms with Crippen LogP contribution in [0.3, 0.4) is 0 Å². The predicted octanol–water partition coefficient (Wildman–Crippen LogP) is 5.38. The minimum absolute atomic E-state index is 0.0333. The van der Waals surface area contributed by atoms with E-state index in [0.29, 0.717) is 11.8 Å². The lowest BCUT2D eigenvalue weighted by Crippen LogP contribution is -2.29. The van der Waals surface area contributed by atoms with Gasteiger partial charge in [-0.25, -0.2) is 0 Å². The number of para-hydroxylation sites is 1. The molecule has 0 aromatic heterocycles. The van der Waals surface area contributed by atoms with E-state index in [9.17, 15) is 10.1 Å². The molecule has 0 saturated carbocycles. The molecule has 0 bridgehead atoms. The van der Waals surface area contributed by atoms with Crippen molar-refractivity contribution >= 4 is 23.0 Å². The number of rotatable bonds is 2. The minimum Gasteiger partial charge on any atom is -0.377 e. The fourth-order valence-corrected chi connectivity index (χ4v) is 4.16. The maximum absolute atomic E-state index is 11.2. The number of nitrogens with one attached hydrogen (secondary N) is 1. The van der Waals surface area contributed by atoms with Crippen molar-refractivity contribution in [2.75, 3.05) is 5.32 Å². The molecule has 2 aromatic carbocycles. The standard InChI is InChI=1S/C19H17ClN2O2/c1-11-4-2-6-14-13-5-3-7-15(13)19(21-18(11)14)12-8-9-16(20)17(10-12)22(23)24/h2-6,8-10,13,15,19,21H,7H2,1H3/t13-,15+,19+/m0/s1. The maximum atomic E-state index is 11.2. The Bertz CT molecular complexity index is 862. The Hall–Kier alpha value is -2.33. The van der Waals surface area contributed by atoms with Gasteiger partial charge >= 0.3 is 0 Å². The van der Waals surface area contributed by atoms with Gasteiger partial charge in [-0.1, -0.05) is 48.0 Å². The second kappa shape index (κ2) is 5.64. The van der Waals surface area contributed by atoms with Crippen LogP contribution >= 0.6 is 11.6 Å². The molecule has 0 fully saturated rings. The average molecular weight is 341 g/mol. The molecule has 24 heavy (non-hydrogen) atoms. The second-order valence-corrected chi connectivity index (χ2v) is 6.89. The van der Waals surface area contributed by atoms with Gasteiger partial charge in [-0.15, -0.1) is 0 Å². The zero-order chi connectivity index (χ0) is 16.8. The van der Waals surface area contributed by atoms with E-state index in [-0.39, 0.29) is 16.8 Å². The number of nitro benzene ring substituents is 1. The molecule has 0 amide bonds. The first-order valence-electron chi connectivity index (χ1n) is 8.03. The van der Waals surface area contributed by atoms with Crippen molar-refractivity contribution in [3.05, 3.63) is 80.4 Å². The van der Waals surface area contributed by atoms with Crippen molar-refractivity contribution in [2.24, 2.45) is 5.92 Å². The Kier molecular flexibility index (Phi) is 3.57. The summed E-state index contributed by atoms with van der Waals surface area (Å²) in [7, 11) is 0. The molecule has 1 N–H and O–H groups in total. The number of hydrogen-bond acceptors (Lipinski definition) is 3. The molecule has 4 rings (SSSR count). The lowest BCUT2D eigenvalue weighted by Gasteiger charge is -2.38. The third-order valence-electron chi connectivity index (χ3n) is 5.13. The summed E-state index contributed by atoms with van der Waals surface area (Å²) in [6.07, 6.45) is 5.44. The third-order valence-corrected chi connectivity index (χ3v) is 5.45. The van der Waals surface area contributed by atoms with Crippen LogP contribution < -0.4 is 5.32 Å². The van der Waals surface area contributed by atoms with Gasteiger partial charge in [-0.2, -0.15) is 0 Å². The monoisotopic (exact) mass is 340 g/mol. The van der Waals surface area contributed by atoms with E-state index >= 15 is 0 Å². The van der Waals surface area contributed by atoms with Crippen LogP contribution in [0.1, 0.15) is 35.1 Å². The van der Waals surface area contributed by atoms with Crippen LogP contribution in [0.4, 0.5) is 11.4 Å². The summed E-state index contributed by atoms with van der Waals surface area (Å²) in [6, 6.07) is 11.5. The van der Waals surface area contributed by atoms with Gasteiger partial charge in [0.05, 0.1) is 11.0 Å². The molecule has 1 heterocycles. The average Bonchev–Trinajstić information content (AvgIpc) is 3.05. The molecule has 2 aromatic rings. The zero-order valence-corrected chi connectivity index (χ0v) is 14.0. The molecule has 0 radical (unpaired) electrons. The summed E-state index contributed by atoms with van der Waals surface area (Å²) in [5.74, 6) is 0.709. The Labute approximate surface area is 145 Å². The lowest BCUT2D eigenvalue weighted by molar-refractivity contribution is -0.384. The molecular formula is C19H17ClN2O2. The van der Waals surface area contributed by atoms with Crippen LogP contribution in [0.2, 0.25) is 5.02 Å². The summed E-state index contributed by atoms with van der Waals surface area (Å²) in [5.41, 5.74) is 4.54. The highest BCUT2D eigenvalue weighted by Gasteiger charge is 2.38. The first kappa shape index (κ1) is 15.2. The van der Waals surface area contributed by atoms with Gasteiger partial charge in [-0.3, -0.25) is 10.1 Å². The molecule has 122 valence electrons. The SMILES string of the molecule is Cc1cccc2c1N[C@H](c1ccc(Cl)c([N+](=O)[O-])c1)[C@@H]1CC=C[C@@H]21. The molecule has 0 unspecified atom stereocenters. The van der Waals surface area contributed by atoms with Crippen LogP contribution in [0.15, 0.2) is 48.6 Å². The van der Waals surface area contributed by atoms with E-state index in [1.165, 1.54) is 11.1 Å². The van der Waals surface area contributed by atoms with Crippen LogP contribution in [0.5, 0.6) is 0 Å². The van der Waals surface area contributed by atoms with Crippen LogP contribution in [-0.2, 0) is 0 Å². The molecule has 5 heteroatoms. The van der Waals surface area contributed by atoms with E-state index in [0.717, 1.165) is 17.7 Å². The van der Waals surface area contributed by atoms with Gasteiger partial charge in [0, 0.05) is 17.7 Å². The fourth-order valence-electron chi connectivity index (χ4n) is 3.97. The quantitative estimate of drug-likeness (QED) is 0.453. The Morgan fingerprint density at radius 1 is 1.29 bits per heavy atom. The minimum atomic E-state index is -0.418. The summed E-state index contributed by atoms with van der Waals surface area (Å²) in [4.78, 5) is 10.8. The Balaban J connectivity index is 1.81. The van der Waals surface area contributed by atoms with Crippen molar-refractivity contribution in [1.29, 1.82) is 0 Å². The van der Waals surface area contributed by atoms with Crippen LogP contribution in [0, 0.1) is 23.0 Å². The molecule has 0 saturated heterocycles. The number of anilines is 1. The van der Waals surface area contributed by atoms with Gasteiger partial charge in [0.1, 0.15) is 5.02 Å². The fraction of sp³-hybridized carbons (Fsp3) is 0.263. The number of nitrogens with zero attached hydrogens (tertiary/aromatic N) is 1. The van der Waals surface area contributed by atoms with E-state index in [2.05, 4.69) is 42.6 Å². The maximum Gasteiger partial charge on any atom is 0.288 e. The smallest absolute Gasteiger partial charge is 0.288 e. The van der Waals surface area contributed by atoms with Gasteiger partial charge < -0.3 is 5.32 Å². The molecule has 3 atom stereocenters. The third kappa shape index (κ3) is 2.29. The van der Waals surface area contributed by atoms with Crippen molar-refractivity contribution < 1.29 is 4.92 Å². The molecule has 0 spiro atoms. The lowest BCUT2D eigenvalue weighted by atomic mass is 9.76. The molecule has 2 aliphatic rings. The molecule has 4 nitrogen and oxygen atoms in total. The van der Waals surface area contributed by atoms with Crippen molar-refractivity contribution in [3.63, 3.8) is 0 Å². The van der Waals surface area contributed by atoms with Gasteiger partial charge in [-0.05, 0) is 42.0 Å². The highest BCUT2D eigenvalue weighted by molar-refractivity contribution is 6.32. The van der Waals surface area contributed by atoms with Crippen LogP contribution in [0.25, 0.3) is 0 Å². The van der Waals surface area contributed by atoms with E-state index < -0.39 is 4.92 Å². The Morgan fingerprint density at radius 2 is 2.12 bits per heavy atom. The highest BCUT2D eigenvalue weighted by atomic mass is 35.5. The van der Waals surface area contributed by atoms with E-state index in [1.807, 2.05) is 6.07 Å². The summed E-state index contributed by atoms with van der Waals surface area (Å²) >= 11 is 5.97. The molecular weight excluding hydrogens is 324 g/mol. The number of fused-ring (bicyclic) bond motifs is 3. The topological polar surface area (TPSA) is 55.2 Å². The normalized spacial score (nSPS) is 24.2. The summed E-state index contributed by atoms with van der Waals surface area (Å²) in [6.45, 7) is 2.09. The zero-order valence-electron chi connectivity index (χ0n) is 13.2.